The zero-order chi connectivity index (χ0) is 14.2. The zero-order valence-corrected chi connectivity index (χ0v) is 12.8. The largest absolute Gasteiger partial charge is 0.459 e. The summed E-state index contributed by atoms with van der Waals surface area (Å²) in [4.78, 5) is 2.66. The van der Waals surface area contributed by atoms with E-state index in [1.54, 1.807) is 0 Å². The summed E-state index contributed by atoms with van der Waals surface area (Å²) in [7, 11) is 2.01. The van der Waals surface area contributed by atoms with Crippen LogP contribution in [0.25, 0.3) is 11.0 Å². The summed E-state index contributed by atoms with van der Waals surface area (Å²) in [6.07, 6.45) is 5.59. The first kappa shape index (κ1) is 13.4. The lowest BCUT2D eigenvalue weighted by Gasteiger charge is -2.21. The molecular formula is C18H24N2O. The Morgan fingerprint density at radius 2 is 2.00 bits per heavy atom. The second-order valence-electron chi connectivity index (χ2n) is 6.63. The molecule has 1 heterocycles. The van der Waals surface area contributed by atoms with Crippen LogP contribution in [0.5, 0.6) is 0 Å². The third-order valence-electron chi connectivity index (χ3n) is 4.74. The highest BCUT2D eigenvalue weighted by Crippen LogP contribution is 2.37. The van der Waals surface area contributed by atoms with Crippen LogP contribution in [0.15, 0.2) is 28.7 Å². The van der Waals surface area contributed by atoms with E-state index in [0.29, 0.717) is 0 Å². The van der Waals surface area contributed by atoms with Crippen molar-refractivity contribution in [1.82, 2.24) is 10.2 Å². The van der Waals surface area contributed by atoms with Crippen LogP contribution >= 0.6 is 0 Å². The molecule has 1 aromatic heterocycles. The Bertz CT molecular complexity index is 625. The topological polar surface area (TPSA) is 28.4 Å². The van der Waals surface area contributed by atoms with E-state index in [0.717, 1.165) is 36.4 Å². The van der Waals surface area contributed by atoms with Gasteiger partial charge in [-0.2, -0.15) is 0 Å². The van der Waals surface area contributed by atoms with Gasteiger partial charge in [0.2, 0.25) is 0 Å². The molecule has 2 aromatic rings. The maximum Gasteiger partial charge on any atom is 0.134 e. The van der Waals surface area contributed by atoms with Crippen molar-refractivity contribution in [3.8, 4) is 0 Å². The summed E-state index contributed by atoms with van der Waals surface area (Å²) in [5.74, 6) is 2.11. The maximum atomic E-state index is 6.18. The minimum absolute atomic E-state index is 0.807. The average molecular weight is 284 g/mol. The first-order chi connectivity index (χ1) is 10.3. The van der Waals surface area contributed by atoms with Gasteiger partial charge in [0.25, 0.3) is 0 Å². The van der Waals surface area contributed by atoms with E-state index in [2.05, 4.69) is 34.5 Å². The minimum atomic E-state index is 0.807. The van der Waals surface area contributed by atoms with Crippen LogP contribution in [0.4, 0.5) is 0 Å². The van der Waals surface area contributed by atoms with Crippen LogP contribution in [0.1, 0.15) is 37.0 Å². The van der Waals surface area contributed by atoms with E-state index >= 15 is 0 Å². The molecule has 0 amide bonds. The van der Waals surface area contributed by atoms with Gasteiger partial charge in [0.05, 0.1) is 6.54 Å². The Labute approximate surface area is 126 Å². The standard InChI is InChI=1S/C18H24N2O/c1-19-10-16-15-4-2-3-5-17(15)21-18(16)12-20(14-8-9-14)11-13-6-7-13/h2-5,13-14,19H,6-12H2,1H3. The van der Waals surface area contributed by atoms with Crippen LogP contribution in [0, 0.1) is 5.92 Å². The molecule has 0 aliphatic heterocycles. The summed E-state index contributed by atoms with van der Waals surface area (Å²) in [6.45, 7) is 3.13. The molecule has 0 radical (unpaired) electrons. The number of fused-ring (bicyclic) bond motifs is 1. The van der Waals surface area contributed by atoms with E-state index in [1.807, 2.05) is 7.05 Å². The van der Waals surface area contributed by atoms with E-state index in [4.69, 9.17) is 4.42 Å². The van der Waals surface area contributed by atoms with Gasteiger partial charge in [-0.3, -0.25) is 4.90 Å². The monoisotopic (exact) mass is 284 g/mol. The molecule has 1 N–H and O–H groups in total. The molecule has 2 fully saturated rings. The lowest BCUT2D eigenvalue weighted by atomic mass is 10.1. The molecule has 2 aliphatic rings. The Morgan fingerprint density at radius 3 is 2.71 bits per heavy atom. The molecule has 0 bridgehead atoms. The quantitative estimate of drug-likeness (QED) is 0.843. The van der Waals surface area contributed by atoms with E-state index in [1.165, 1.54) is 43.2 Å². The molecule has 0 spiro atoms. The number of furan rings is 1. The van der Waals surface area contributed by atoms with Gasteiger partial charge in [0, 0.05) is 30.1 Å². The summed E-state index contributed by atoms with van der Waals surface area (Å²) in [6, 6.07) is 9.23. The molecule has 1 aromatic carbocycles. The number of nitrogens with one attached hydrogen (secondary N) is 1. The number of rotatable bonds is 7. The van der Waals surface area contributed by atoms with Gasteiger partial charge in [-0.1, -0.05) is 18.2 Å². The normalized spacial score (nSPS) is 18.8. The molecule has 2 aliphatic carbocycles. The highest BCUT2D eigenvalue weighted by atomic mass is 16.3. The molecule has 21 heavy (non-hydrogen) atoms. The molecular weight excluding hydrogens is 260 g/mol. The van der Waals surface area contributed by atoms with Crippen molar-refractivity contribution in [2.24, 2.45) is 5.92 Å². The van der Waals surface area contributed by atoms with E-state index in [-0.39, 0.29) is 0 Å². The van der Waals surface area contributed by atoms with Crippen LogP contribution < -0.4 is 5.32 Å². The first-order valence-corrected chi connectivity index (χ1v) is 8.23. The predicted octanol–water partition coefficient (Wildman–Crippen LogP) is 3.53. The number of para-hydroxylation sites is 1. The van der Waals surface area contributed by atoms with Gasteiger partial charge < -0.3 is 9.73 Å². The van der Waals surface area contributed by atoms with Crippen molar-refractivity contribution in [2.45, 2.75) is 44.8 Å². The highest BCUT2D eigenvalue weighted by Gasteiger charge is 2.34. The van der Waals surface area contributed by atoms with Crippen molar-refractivity contribution in [1.29, 1.82) is 0 Å². The van der Waals surface area contributed by atoms with Gasteiger partial charge in [-0.15, -0.1) is 0 Å². The summed E-state index contributed by atoms with van der Waals surface area (Å²) in [5.41, 5.74) is 2.37. The summed E-state index contributed by atoms with van der Waals surface area (Å²) in [5, 5.41) is 4.56. The van der Waals surface area contributed by atoms with Crippen molar-refractivity contribution >= 4 is 11.0 Å². The highest BCUT2D eigenvalue weighted by molar-refractivity contribution is 5.82. The van der Waals surface area contributed by atoms with Crippen LogP contribution in [0.2, 0.25) is 0 Å². The lowest BCUT2D eigenvalue weighted by molar-refractivity contribution is 0.225. The molecule has 4 rings (SSSR count). The average Bonchev–Trinajstić information content (AvgIpc) is 3.38. The Balaban J connectivity index is 1.62. The smallest absolute Gasteiger partial charge is 0.134 e. The third kappa shape index (κ3) is 2.85. The maximum absolute atomic E-state index is 6.18. The molecule has 2 saturated carbocycles. The number of hydrogen-bond donors (Lipinski definition) is 1. The zero-order valence-electron chi connectivity index (χ0n) is 12.8. The van der Waals surface area contributed by atoms with E-state index < -0.39 is 0 Å². The molecule has 0 atom stereocenters. The minimum Gasteiger partial charge on any atom is -0.459 e. The Morgan fingerprint density at radius 1 is 1.19 bits per heavy atom. The van der Waals surface area contributed by atoms with Gasteiger partial charge in [-0.05, 0) is 44.7 Å². The van der Waals surface area contributed by atoms with Crippen molar-refractivity contribution in [3.05, 3.63) is 35.6 Å². The van der Waals surface area contributed by atoms with Gasteiger partial charge in [0.15, 0.2) is 0 Å². The molecule has 0 saturated heterocycles. The number of benzene rings is 1. The van der Waals surface area contributed by atoms with Crippen LogP contribution in [-0.2, 0) is 13.1 Å². The molecule has 112 valence electrons. The fourth-order valence-corrected chi connectivity index (χ4v) is 3.25. The summed E-state index contributed by atoms with van der Waals surface area (Å²) >= 11 is 0. The number of nitrogens with zero attached hydrogens (tertiary/aromatic N) is 1. The lowest BCUT2D eigenvalue weighted by Crippen LogP contribution is -2.28. The summed E-state index contributed by atoms with van der Waals surface area (Å²) < 4.78 is 6.18. The fraction of sp³-hybridized carbons (Fsp3) is 0.556. The second-order valence-corrected chi connectivity index (χ2v) is 6.63. The first-order valence-electron chi connectivity index (χ1n) is 8.23. The van der Waals surface area contributed by atoms with Crippen molar-refractivity contribution in [2.75, 3.05) is 13.6 Å². The van der Waals surface area contributed by atoms with E-state index in [9.17, 15) is 0 Å². The van der Waals surface area contributed by atoms with Crippen LogP contribution in [0.3, 0.4) is 0 Å². The molecule has 3 heteroatoms. The Hall–Kier alpha value is -1.32. The van der Waals surface area contributed by atoms with Gasteiger partial charge in [-0.25, -0.2) is 0 Å². The third-order valence-corrected chi connectivity index (χ3v) is 4.74. The van der Waals surface area contributed by atoms with Crippen molar-refractivity contribution in [3.63, 3.8) is 0 Å². The Kier molecular flexibility index (Phi) is 3.48. The molecule has 3 nitrogen and oxygen atoms in total. The van der Waals surface area contributed by atoms with Gasteiger partial charge in [0.1, 0.15) is 11.3 Å². The van der Waals surface area contributed by atoms with Gasteiger partial charge >= 0.3 is 0 Å². The van der Waals surface area contributed by atoms with Crippen molar-refractivity contribution < 1.29 is 4.42 Å². The SMILES string of the molecule is CNCc1c(CN(CC2CC2)C2CC2)oc2ccccc12. The predicted molar refractivity (Wildman–Crippen MR) is 85.1 cm³/mol. The molecule has 0 unspecified atom stereocenters. The van der Waals surface area contributed by atoms with Crippen LogP contribution in [-0.4, -0.2) is 24.5 Å². The number of hydrogen-bond acceptors (Lipinski definition) is 3. The second kappa shape index (κ2) is 5.47. The fourth-order valence-electron chi connectivity index (χ4n) is 3.25.